The van der Waals surface area contributed by atoms with E-state index in [9.17, 15) is 13.2 Å². The van der Waals surface area contributed by atoms with Crippen molar-refractivity contribution < 1.29 is 13.2 Å². The van der Waals surface area contributed by atoms with E-state index in [0.717, 1.165) is 30.5 Å². The lowest BCUT2D eigenvalue weighted by atomic mass is 9.93. The molecule has 1 fully saturated rings. The minimum Gasteiger partial charge on any atom is -0.331 e. The number of amides is 2. The van der Waals surface area contributed by atoms with E-state index in [1.54, 1.807) is 9.58 Å². The van der Waals surface area contributed by atoms with Crippen LogP contribution in [0, 0.1) is 0 Å². The number of carbonyl (C=O) groups excluding carboxylic acids is 1. The SMILES string of the molecule is CC1CCS(=O)(=O)CCN1C(=O)NC1CCCc2nn(C)cc21. The van der Waals surface area contributed by atoms with Gasteiger partial charge in [0, 0.05) is 31.4 Å². The van der Waals surface area contributed by atoms with Crippen molar-refractivity contribution in [3.63, 3.8) is 0 Å². The first kappa shape index (κ1) is 16.3. The number of aryl methyl sites for hydroxylation is 2. The molecule has 1 aromatic rings. The van der Waals surface area contributed by atoms with Gasteiger partial charge in [0.05, 0.1) is 23.2 Å². The van der Waals surface area contributed by atoms with Gasteiger partial charge in [-0.05, 0) is 32.6 Å². The molecule has 1 aliphatic heterocycles. The number of hydrogen-bond donors (Lipinski definition) is 1. The molecule has 8 heteroatoms. The monoisotopic (exact) mass is 340 g/mol. The van der Waals surface area contributed by atoms with Gasteiger partial charge in [-0.1, -0.05) is 0 Å². The molecule has 0 saturated carbocycles. The van der Waals surface area contributed by atoms with Crippen LogP contribution in [0.4, 0.5) is 4.79 Å². The number of carbonyl (C=O) groups is 1. The fourth-order valence-corrected chi connectivity index (χ4v) is 4.80. The molecule has 0 radical (unpaired) electrons. The summed E-state index contributed by atoms with van der Waals surface area (Å²) in [6, 6.07) is -0.271. The van der Waals surface area contributed by atoms with Crippen molar-refractivity contribution >= 4 is 15.9 Å². The number of urea groups is 1. The highest BCUT2D eigenvalue weighted by Crippen LogP contribution is 2.29. The Morgan fingerprint density at radius 1 is 1.35 bits per heavy atom. The molecule has 3 rings (SSSR count). The van der Waals surface area contributed by atoms with E-state index < -0.39 is 9.84 Å². The summed E-state index contributed by atoms with van der Waals surface area (Å²) in [7, 11) is -1.14. The predicted molar refractivity (Wildman–Crippen MR) is 86.9 cm³/mol. The zero-order valence-electron chi connectivity index (χ0n) is 13.7. The van der Waals surface area contributed by atoms with Crippen LogP contribution in [0.2, 0.25) is 0 Å². The molecule has 1 saturated heterocycles. The Kier molecular flexibility index (Phi) is 4.35. The summed E-state index contributed by atoms with van der Waals surface area (Å²) in [5.41, 5.74) is 2.14. The van der Waals surface area contributed by atoms with Gasteiger partial charge in [0.2, 0.25) is 0 Å². The summed E-state index contributed by atoms with van der Waals surface area (Å²) < 4.78 is 25.3. The summed E-state index contributed by atoms with van der Waals surface area (Å²) in [6.45, 7) is 2.18. The van der Waals surface area contributed by atoms with Crippen LogP contribution < -0.4 is 5.32 Å². The van der Waals surface area contributed by atoms with Gasteiger partial charge in [-0.25, -0.2) is 13.2 Å². The van der Waals surface area contributed by atoms with Gasteiger partial charge in [-0.15, -0.1) is 0 Å². The molecular formula is C15H24N4O3S. The van der Waals surface area contributed by atoms with Gasteiger partial charge in [0.1, 0.15) is 0 Å². The van der Waals surface area contributed by atoms with Crippen LogP contribution in [0.15, 0.2) is 6.20 Å². The van der Waals surface area contributed by atoms with E-state index in [1.807, 2.05) is 20.2 Å². The lowest BCUT2D eigenvalue weighted by molar-refractivity contribution is 0.178. The number of hydrogen-bond acceptors (Lipinski definition) is 4. The van der Waals surface area contributed by atoms with Crippen molar-refractivity contribution in [2.24, 2.45) is 7.05 Å². The smallest absolute Gasteiger partial charge is 0.318 e. The maximum absolute atomic E-state index is 12.6. The minimum absolute atomic E-state index is 0.0352. The first-order chi connectivity index (χ1) is 10.9. The second kappa shape index (κ2) is 6.14. The Morgan fingerprint density at radius 3 is 2.91 bits per heavy atom. The minimum atomic E-state index is -3.03. The first-order valence-corrected chi connectivity index (χ1v) is 9.98. The summed E-state index contributed by atoms with van der Waals surface area (Å²) in [6.07, 6.45) is 5.30. The highest BCUT2D eigenvalue weighted by atomic mass is 32.2. The van der Waals surface area contributed by atoms with Crippen LogP contribution in [-0.2, 0) is 23.3 Å². The standard InChI is InChI=1S/C15H24N4O3S/c1-11-6-8-23(21,22)9-7-19(11)15(20)16-13-4-3-5-14-12(13)10-18(2)17-14/h10-11,13H,3-9H2,1-2H3,(H,16,20). The van der Waals surface area contributed by atoms with Crippen LogP contribution in [0.5, 0.6) is 0 Å². The third-order valence-electron chi connectivity index (χ3n) is 4.80. The van der Waals surface area contributed by atoms with Crippen molar-refractivity contribution in [1.29, 1.82) is 0 Å². The lowest BCUT2D eigenvalue weighted by Crippen LogP contribution is -2.47. The van der Waals surface area contributed by atoms with Crippen molar-refractivity contribution in [3.8, 4) is 0 Å². The zero-order chi connectivity index (χ0) is 16.6. The molecule has 128 valence electrons. The predicted octanol–water partition coefficient (Wildman–Crippen LogP) is 1.02. The Balaban J connectivity index is 1.72. The van der Waals surface area contributed by atoms with E-state index in [2.05, 4.69) is 10.4 Å². The third kappa shape index (κ3) is 3.52. The molecule has 0 spiro atoms. The number of nitrogens with zero attached hydrogens (tertiary/aromatic N) is 3. The van der Waals surface area contributed by atoms with Crippen molar-refractivity contribution in [2.45, 2.75) is 44.7 Å². The van der Waals surface area contributed by atoms with Crippen LogP contribution in [0.1, 0.15) is 43.5 Å². The molecular weight excluding hydrogens is 316 g/mol. The average Bonchev–Trinajstić information content (AvgIpc) is 2.80. The average molecular weight is 340 g/mol. The van der Waals surface area contributed by atoms with Crippen molar-refractivity contribution in [2.75, 3.05) is 18.1 Å². The van der Waals surface area contributed by atoms with Gasteiger partial charge in [0.15, 0.2) is 9.84 Å². The molecule has 2 heterocycles. The number of nitrogens with one attached hydrogen (secondary N) is 1. The summed E-state index contributed by atoms with van der Waals surface area (Å²) >= 11 is 0. The fourth-order valence-electron chi connectivity index (χ4n) is 3.42. The molecule has 23 heavy (non-hydrogen) atoms. The van der Waals surface area contributed by atoms with E-state index in [0.29, 0.717) is 6.42 Å². The van der Waals surface area contributed by atoms with Crippen LogP contribution >= 0.6 is 0 Å². The van der Waals surface area contributed by atoms with Gasteiger partial charge in [0.25, 0.3) is 0 Å². The van der Waals surface area contributed by atoms with Crippen LogP contribution in [0.25, 0.3) is 0 Å². The number of rotatable bonds is 1. The van der Waals surface area contributed by atoms with Crippen LogP contribution in [-0.4, -0.2) is 53.2 Å². The molecule has 2 unspecified atom stereocenters. The molecule has 2 aliphatic rings. The zero-order valence-corrected chi connectivity index (χ0v) is 14.5. The molecule has 7 nitrogen and oxygen atoms in total. The van der Waals surface area contributed by atoms with E-state index in [-0.39, 0.29) is 36.2 Å². The molecule has 1 N–H and O–H groups in total. The summed E-state index contributed by atoms with van der Waals surface area (Å²) in [5.74, 6) is 0.210. The second-order valence-electron chi connectivity index (χ2n) is 6.58. The molecule has 0 aromatic carbocycles. The summed E-state index contributed by atoms with van der Waals surface area (Å²) in [5, 5.41) is 7.53. The molecule has 1 aliphatic carbocycles. The van der Waals surface area contributed by atoms with Crippen molar-refractivity contribution in [3.05, 3.63) is 17.5 Å². The van der Waals surface area contributed by atoms with E-state index in [4.69, 9.17) is 0 Å². The quantitative estimate of drug-likeness (QED) is 0.827. The Labute approximate surface area is 137 Å². The van der Waals surface area contributed by atoms with Gasteiger partial charge < -0.3 is 10.2 Å². The molecule has 0 bridgehead atoms. The Morgan fingerprint density at radius 2 is 2.13 bits per heavy atom. The Bertz CT molecular complexity index is 698. The van der Waals surface area contributed by atoms with Crippen molar-refractivity contribution in [1.82, 2.24) is 20.0 Å². The highest BCUT2D eigenvalue weighted by Gasteiger charge is 2.31. The van der Waals surface area contributed by atoms with E-state index in [1.165, 1.54) is 0 Å². The lowest BCUT2D eigenvalue weighted by Gasteiger charge is -2.30. The maximum atomic E-state index is 12.6. The molecule has 2 amide bonds. The fraction of sp³-hybridized carbons (Fsp3) is 0.733. The second-order valence-corrected chi connectivity index (χ2v) is 8.89. The first-order valence-electron chi connectivity index (χ1n) is 8.16. The van der Waals surface area contributed by atoms with Gasteiger partial charge >= 0.3 is 6.03 Å². The Hall–Kier alpha value is -1.57. The summed E-state index contributed by atoms with van der Waals surface area (Å²) in [4.78, 5) is 14.3. The molecule has 1 aromatic heterocycles. The largest absolute Gasteiger partial charge is 0.331 e. The third-order valence-corrected chi connectivity index (χ3v) is 6.46. The number of aromatic nitrogens is 2. The van der Waals surface area contributed by atoms with Gasteiger partial charge in [-0.2, -0.15) is 5.10 Å². The van der Waals surface area contributed by atoms with Gasteiger partial charge in [-0.3, -0.25) is 4.68 Å². The number of fused-ring (bicyclic) bond motifs is 1. The van der Waals surface area contributed by atoms with Crippen LogP contribution in [0.3, 0.4) is 0 Å². The topological polar surface area (TPSA) is 84.3 Å². The maximum Gasteiger partial charge on any atom is 0.318 e. The van der Waals surface area contributed by atoms with E-state index >= 15 is 0 Å². The normalized spacial score (nSPS) is 27.1. The number of sulfone groups is 1. The highest BCUT2D eigenvalue weighted by molar-refractivity contribution is 7.91. The molecule has 2 atom stereocenters.